The topological polar surface area (TPSA) is 99.7 Å². The van der Waals surface area contributed by atoms with E-state index >= 15 is 0 Å². The molecular formula is C26H22N2O5S2. The molecule has 0 unspecified atom stereocenters. The maximum absolute atomic E-state index is 13.7. The molecule has 2 saturated carbocycles. The van der Waals surface area contributed by atoms with Crippen molar-refractivity contribution < 1.29 is 19.4 Å². The number of phenols is 1. The van der Waals surface area contributed by atoms with Crippen molar-refractivity contribution in [3.63, 3.8) is 0 Å². The number of H-pyrrole nitrogens is 1. The molecule has 7 rings (SSSR count). The third kappa shape index (κ3) is 2.82. The minimum absolute atomic E-state index is 0.0443. The number of aromatic hydroxyl groups is 1. The highest BCUT2D eigenvalue weighted by Crippen LogP contribution is 2.68. The van der Waals surface area contributed by atoms with E-state index in [1.165, 1.54) is 23.3 Å². The van der Waals surface area contributed by atoms with E-state index < -0.39 is 0 Å². The maximum atomic E-state index is 13.7. The van der Waals surface area contributed by atoms with E-state index in [-0.39, 0.29) is 63.2 Å². The first-order valence-corrected chi connectivity index (χ1v) is 13.4. The van der Waals surface area contributed by atoms with Gasteiger partial charge in [0.2, 0.25) is 11.8 Å². The lowest BCUT2D eigenvalue weighted by Crippen LogP contribution is -2.42. The van der Waals surface area contributed by atoms with Gasteiger partial charge in [-0.2, -0.15) is 0 Å². The number of hydrogen-bond donors (Lipinski definition) is 2. The monoisotopic (exact) mass is 506 g/mol. The number of methoxy groups -OCH3 is 1. The predicted molar refractivity (Wildman–Crippen MR) is 132 cm³/mol. The summed E-state index contributed by atoms with van der Waals surface area (Å²) in [6, 6.07) is 14.5. The first-order valence-electron chi connectivity index (χ1n) is 11.7. The zero-order chi connectivity index (χ0) is 24.0. The summed E-state index contributed by atoms with van der Waals surface area (Å²) in [5.74, 6) is -0.301. The van der Waals surface area contributed by atoms with Crippen LogP contribution < -0.4 is 14.5 Å². The van der Waals surface area contributed by atoms with Crippen LogP contribution in [0, 0.1) is 29.6 Å². The number of aromatic amines is 1. The Morgan fingerprint density at radius 2 is 1.77 bits per heavy atom. The van der Waals surface area contributed by atoms with Crippen LogP contribution in [0.15, 0.2) is 58.4 Å². The van der Waals surface area contributed by atoms with Crippen molar-refractivity contribution >= 4 is 40.6 Å². The molecule has 4 aliphatic rings. The van der Waals surface area contributed by atoms with Gasteiger partial charge in [-0.05, 0) is 54.0 Å². The molecule has 2 amide bonds. The second-order valence-corrected chi connectivity index (χ2v) is 11.9. The summed E-state index contributed by atoms with van der Waals surface area (Å²) in [7, 11) is 1.52. The number of phenolic OH excluding ortho intramolecular Hbond substituents is 1. The number of imide groups is 1. The van der Waals surface area contributed by atoms with Gasteiger partial charge in [0.25, 0.3) is 0 Å². The number of rotatable bonds is 3. The molecule has 2 N–H and O–H groups in total. The molecule has 1 saturated heterocycles. The van der Waals surface area contributed by atoms with Crippen molar-refractivity contribution in [1.29, 1.82) is 0 Å². The fraction of sp³-hybridized carbons (Fsp3) is 0.346. The van der Waals surface area contributed by atoms with Crippen molar-refractivity contribution in [2.45, 2.75) is 22.6 Å². The number of thioether (sulfide) groups is 1. The Hall–Kier alpha value is -3.04. The molecule has 0 spiro atoms. The van der Waals surface area contributed by atoms with Crippen LogP contribution in [0.2, 0.25) is 0 Å². The summed E-state index contributed by atoms with van der Waals surface area (Å²) < 4.78 is 5.38. The molecule has 3 heterocycles. The minimum Gasteiger partial charge on any atom is -0.504 e. The van der Waals surface area contributed by atoms with E-state index in [1.807, 2.05) is 42.5 Å². The Kier molecular flexibility index (Phi) is 4.54. The third-order valence-corrected chi connectivity index (χ3v) is 10.9. The number of ether oxygens (including phenoxy) is 1. The first kappa shape index (κ1) is 21.3. The minimum atomic E-state index is -0.340. The lowest BCUT2D eigenvalue weighted by Gasteiger charge is -2.43. The summed E-state index contributed by atoms with van der Waals surface area (Å²) in [5, 5.41) is 11.2. The molecule has 3 fully saturated rings. The van der Waals surface area contributed by atoms with Crippen LogP contribution in [-0.2, 0) is 9.59 Å². The SMILES string of the molecule is COc1cc([C@@H]2c3sc(=O)[nH]c3S[C@@H]3[C@@H]4C[C@H]([C@H]5C(=O)N(c6ccccc6)C(=O)[C@H]45)[C@H]23)ccc1O. The van der Waals surface area contributed by atoms with E-state index in [2.05, 4.69) is 4.98 Å². The Morgan fingerprint density at radius 1 is 1.03 bits per heavy atom. The molecule has 3 aromatic rings. The molecular weight excluding hydrogens is 484 g/mol. The number of hydrogen-bond acceptors (Lipinski definition) is 7. The number of nitrogens with one attached hydrogen (secondary N) is 1. The van der Waals surface area contributed by atoms with Crippen molar-refractivity contribution in [2.24, 2.45) is 29.6 Å². The van der Waals surface area contributed by atoms with Gasteiger partial charge < -0.3 is 14.8 Å². The normalized spacial score (nSPS) is 32.5. The molecule has 2 aliphatic carbocycles. The summed E-state index contributed by atoms with van der Waals surface area (Å²) in [6.45, 7) is 0. The highest BCUT2D eigenvalue weighted by Gasteiger charge is 2.69. The average Bonchev–Trinajstić information content (AvgIpc) is 3.59. The van der Waals surface area contributed by atoms with Crippen LogP contribution in [0.4, 0.5) is 5.69 Å². The number of fused-ring (bicyclic) bond motifs is 9. The molecule has 7 nitrogen and oxygen atoms in total. The fourth-order valence-corrected chi connectivity index (χ4v) is 10.00. The number of nitrogens with zero attached hydrogens (tertiary/aromatic N) is 1. The van der Waals surface area contributed by atoms with E-state index in [0.29, 0.717) is 11.4 Å². The summed E-state index contributed by atoms with van der Waals surface area (Å²) in [5.41, 5.74) is 1.59. The van der Waals surface area contributed by atoms with Crippen LogP contribution in [0.25, 0.3) is 0 Å². The van der Waals surface area contributed by atoms with Gasteiger partial charge in [0, 0.05) is 16.0 Å². The summed E-state index contributed by atoms with van der Waals surface area (Å²) in [6.07, 6.45) is 0.836. The highest BCUT2D eigenvalue weighted by molar-refractivity contribution is 8.00. The van der Waals surface area contributed by atoms with Gasteiger partial charge in [0.1, 0.15) is 0 Å². The van der Waals surface area contributed by atoms with Crippen molar-refractivity contribution in [3.8, 4) is 11.5 Å². The largest absolute Gasteiger partial charge is 0.504 e. The Labute approximate surface area is 209 Å². The Morgan fingerprint density at radius 3 is 2.51 bits per heavy atom. The van der Waals surface area contributed by atoms with Gasteiger partial charge in [-0.15, -0.1) is 11.8 Å². The maximum Gasteiger partial charge on any atom is 0.305 e. The number of anilines is 1. The number of aromatic nitrogens is 1. The Bertz CT molecular complexity index is 1430. The number of para-hydroxylation sites is 1. The predicted octanol–water partition coefficient (Wildman–Crippen LogP) is 3.83. The van der Waals surface area contributed by atoms with Crippen molar-refractivity contribution in [2.75, 3.05) is 12.0 Å². The van der Waals surface area contributed by atoms with Crippen LogP contribution in [0.1, 0.15) is 22.8 Å². The second-order valence-electron chi connectivity index (χ2n) is 9.74. The van der Waals surface area contributed by atoms with Gasteiger partial charge in [-0.25, -0.2) is 0 Å². The van der Waals surface area contributed by atoms with E-state index in [1.54, 1.807) is 17.8 Å². The van der Waals surface area contributed by atoms with Crippen LogP contribution in [0.3, 0.4) is 0 Å². The van der Waals surface area contributed by atoms with Gasteiger partial charge in [0.15, 0.2) is 11.5 Å². The summed E-state index contributed by atoms with van der Waals surface area (Å²) in [4.78, 5) is 44.9. The van der Waals surface area contributed by atoms with Gasteiger partial charge >= 0.3 is 4.87 Å². The van der Waals surface area contributed by atoms with Gasteiger partial charge in [-0.1, -0.05) is 35.6 Å². The molecule has 2 aliphatic heterocycles. The highest BCUT2D eigenvalue weighted by atomic mass is 32.2. The van der Waals surface area contributed by atoms with Crippen molar-refractivity contribution in [3.05, 3.63) is 68.6 Å². The second kappa shape index (κ2) is 7.48. The van der Waals surface area contributed by atoms with Gasteiger partial charge in [0.05, 0.1) is 29.7 Å². The zero-order valence-electron chi connectivity index (χ0n) is 18.7. The van der Waals surface area contributed by atoms with E-state index in [4.69, 9.17) is 4.74 Å². The summed E-state index contributed by atoms with van der Waals surface area (Å²) >= 11 is 2.88. The van der Waals surface area contributed by atoms with Crippen LogP contribution in [0.5, 0.6) is 11.5 Å². The molecule has 2 aromatic carbocycles. The lowest BCUT2D eigenvalue weighted by molar-refractivity contribution is -0.123. The number of carbonyl (C=O) groups excluding carboxylic acids is 2. The molecule has 1 aromatic heterocycles. The van der Waals surface area contributed by atoms with Crippen LogP contribution >= 0.6 is 23.1 Å². The number of benzene rings is 2. The average molecular weight is 507 g/mol. The van der Waals surface area contributed by atoms with Crippen molar-refractivity contribution in [1.82, 2.24) is 4.98 Å². The standard InChI is InChI=1S/C26H22N2O5S2/c1-33-16-9-11(7-8-15(16)29)17-18-13-10-14(21(18)34-23-22(17)35-26(32)27-23)20-19(13)24(30)28(25(20)31)12-5-3-2-4-6-12/h2-9,13-14,17-21,29H,10H2,1H3,(H,27,32)/t13-,14+,17-,18+,19+,20+,21+/m0/s1. The Balaban J connectivity index is 1.34. The van der Waals surface area contributed by atoms with E-state index in [0.717, 1.165) is 21.9 Å². The molecule has 9 heteroatoms. The van der Waals surface area contributed by atoms with E-state index in [9.17, 15) is 19.5 Å². The third-order valence-electron chi connectivity index (χ3n) is 8.30. The molecule has 35 heavy (non-hydrogen) atoms. The molecule has 0 radical (unpaired) electrons. The zero-order valence-corrected chi connectivity index (χ0v) is 20.3. The smallest absolute Gasteiger partial charge is 0.305 e. The fourth-order valence-electron chi connectivity index (χ4n) is 7.11. The first-order chi connectivity index (χ1) is 17.0. The van der Waals surface area contributed by atoms with Gasteiger partial charge in [-0.3, -0.25) is 19.3 Å². The van der Waals surface area contributed by atoms with Crippen LogP contribution in [-0.4, -0.2) is 34.3 Å². The quantitative estimate of drug-likeness (QED) is 0.524. The number of thiazole rings is 1. The lowest BCUT2D eigenvalue weighted by atomic mass is 9.68. The molecule has 2 bridgehead atoms. The number of carbonyl (C=O) groups is 2. The molecule has 7 atom stereocenters. The number of amides is 2. The molecule has 178 valence electrons.